The molecule has 0 saturated carbocycles. The zero-order chi connectivity index (χ0) is 25.2. The van der Waals surface area contributed by atoms with E-state index in [1.54, 1.807) is 25.1 Å². The van der Waals surface area contributed by atoms with Crippen LogP contribution >= 0.6 is 0 Å². The zero-order valence-electron chi connectivity index (χ0n) is 20.3. The first-order valence-electron chi connectivity index (χ1n) is 11.5. The van der Waals surface area contributed by atoms with Crippen molar-refractivity contribution in [2.45, 2.75) is 45.4 Å². The van der Waals surface area contributed by atoms with E-state index in [9.17, 15) is 13.2 Å². The van der Waals surface area contributed by atoms with Crippen LogP contribution in [0.15, 0.2) is 59.6 Å². The molecule has 4 aromatic rings. The molecule has 0 saturated heterocycles. The molecule has 8 nitrogen and oxygen atoms in total. The molecule has 0 aliphatic heterocycles. The molecule has 35 heavy (non-hydrogen) atoms. The van der Waals surface area contributed by atoms with Crippen LogP contribution in [0.25, 0.3) is 16.9 Å². The third-order valence-electron chi connectivity index (χ3n) is 5.84. The standard InChI is InChI=1S/C26H29N5O3S/c1-5-22-24(31-16-18(3)28-19(4)25(31)29-22)21-12-10-20(11-13-21)14-15-27-26(32)30-35(33,34)23-9-7-6-8-17(23)2/h6-13,16H,5,14-15H2,1-4H3,(H2,27,30,32). The molecule has 0 bridgehead atoms. The molecule has 0 fully saturated rings. The van der Waals surface area contributed by atoms with Crippen molar-refractivity contribution in [3.05, 3.63) is 82.9 Å². The quantitative estimate of drug-likeness (QED) is 0.405. The molecule has 0 radical (unpaired) electrons. The van der Waals surface area contributed by atoms with Crippen molar-refractivity contribution in [2.24, 2.45) is 0 Å². The molecule has 0 spiro atoms. The number of fused-ring (bicyclic) bond motifs is 1. The highest BCUT2D eigenvalue weighted by molar-refractivity contribution is 7.90. The number of rotatable bonds is 7. The van der Waals surface area contributed by atoms with Crippen LogP contribution in [0.2, 0.25) is 0 Å². The Kier molecular flexibility index (Phi) is 6.88. The second-order valence-corrected chi connectivity index (χ2v) is 10.1. The predicted octanol–water partition coefficient (Wildman–Crippen LogP) is 4.11. The number of benzene rings is 2. The molecule has 0 unspecified atom stereocenters. The Labute approximate surface area is 205 Å². The van der Waals surface area contributed by atoms with Crippen molar-refractivity contribution in [3.63, 3.8) is 0 Å². The normalized spacial score (nSPS) is 11.5. The number of aryl methyl sites for hydroxylation is 4. The molecule has 2 heterocycles. The Morgan fingerprint density at radius 2 is 1.71 bits per heavy atom. The lowest BCUT2D eigenvalue weighted by Crippen LogP contribution is -2.40. The number of nitrogens with zero attached hydrogens (tertiary/aromatic N) is 3. The van der Waals surface area contributed by atoms with Gasteiger partial charge >= 0.3 is 6.03 Å². The number of aromatic nitrogens is 3. The molecule has 4 rings (SSSR count). The van der Waals surface area contributed by atoms with Crippen LogP contribution in [0.1, 0.15) is 35.1 Å². The van der Waals surface area contributed by atoms with E-state index < -0.39 is 16.1 Å². The predicted molar refractivity (Wildman–Crippen MR) is 136 cm³/mol. The largest absolute Gasteiger partial charge is 0.337 e. The minimum absolute atomic E-state index is 0.0887. The molecule has 2 aromatic carbocycles. The minimum atomic E-state index is -3.92. The highest BCUT2D eigenvalue weighted by Crippen LogP contribution is 2.27. The van der Waals surface area contributed by atoms with Gasteiger partial charge in [0.25, 0.3) is 10.0 Å². The highest BCUT2D eigenvalue weighted by Gasteiger charge is 2.19. The monoisotopic (exact) mass is 491 g/mol. The van der Waals surface area contributed by atoms with Crippen LogP contribution in [0.4, 0.5) is 4.79 Å². The molecular weight excluding hydrogens is 462 g/mol. The van der Waals surface area contributed by atoms with Crippen LogP contribution in [0.3, 0.4) is 0 Å². The van der Waals surface area contributed by atoms with Crippen LogP contribution in [-0.2, 0) is 22.9 Å². The van der Waals surface area contributed by atoms with E-state index >= 15 is 0 Å². The van der Waals surface area contributed by atoms with Crippen molar-refractivity contribution >= 4 is 21.7 Å². The number of amides is 2. The number of urea groups is 1. The second-order valence-electron chi connectivity index (χ2n) is 8.50. The van der Waals surface area contributed by atoms with E-state index in [0.29, 0.717) is 18.5 Å². The van der Waals surface area contributed by atoms with Gasteiger partial charge in [-0.05, 0) is 50.8 Å². The smallest absolute Gasteiger partial charge is 0.328 e. The molecule has 0 aliphatic rings. The molecule has 2 N–H and O–H groups in total. The van der Waals surface area contributed by atoms with E-state index in [2.05, 4.69) is 26.3 Å². The Balaban J connectivity index is 1.42. The third-order valence-corrected chi connectivity index (χ3v) is 7.33. The third kappa shape index (κ3) is 5.19. The summed E-state index contributed by atoms with van der Waals surface area (Å²) in [7, 11) is -3.92. The molecule has 182 valence electrons. The summed E-state index contributed by atoms with van der Waals surface area (Å²) in [5.74, 6) is 0. The molecular formula is C26H29N5O3S. The summed E-state index contributed by atoms with van der Waals surface area (Å²) in [5, 5.41) is 2.62. The van der Waals surface area contributed by atoms with E-state index in [-0.39, 0.29) is 4.90 Å². The number of hydrogen-bond donors (Lipinski definition) is 2. The van der Waals surface area contributed by atoms with Gasteiger partial charge in [0.05, 0.1) is 27.7 Å². The van der Waals surface area contributed by atoms with Gasteiger partial charge in [0.15, 0.2) is 5.65 Å². The molecule has 2 aromatic heterocycles. The first-order chi connectivity index (χ1) is 16.7. The number of imidazole rings is 1. The summed E-state index contributed by atoms with van der Waals surface area (Å²) in [6.45, 7) is 8.02. The lowest BCUT2D eigenvalue weighted by atomic mass is 10.0. The van der Waals surface area contributed by atoms with E-state index in [4.69, 9.17) is 4.98 Å². The minimum Gasteiger partial charge on any atom is -0.337 e. The van der Waals surface area contributed by atoms with E-state index in [1.165, 1.54) is 6.07 Å². The Bertz CT molecular complexity index is 1490. The van der Waals surface area contributed by atoms with Gasteiger partial charge in [0.1, 0.15) is 0 Å². The number of carbonyl (C=O) groups excluding carboxylic acids is 1. The fraction of sp³-hybridized carbons (Fsp3) is 0.269. The average molecular weight is 492 g/mol. The number of hydrogen-bond acceptors (Lipinski definition) is 5. The first-order valence-corrected chi connectivity index (χ1v) is 13.0. The van der Waals surface area contributed by atoms with Gasteiger partial charge in [-0.3, -0.25) is 9.38 Å². The zero-order valence-corrected chi connectivity index (χ0v) is 21.1. The molecule has 9 heteroatoms. The van der Waals surface area contributed by atoms with Gasteiger partial charge in [-0.1, -0.05) is 49.4 Å². The van der Waals surface area contributed by atoms with Crippen LogP contribution in [0, 0.1) is 20.8 Å². The van der Waals surface area contributed by atoms with Gasteiger partial charge in [0, 0.05) is 18.3 Å². The molecule has 0 aliphatic carbocycles. The summed E-state index contributed by atoms with van der Waals surface area (Å²) in [6.07, 6.45) is 3.38. The Morgan fingerprint density at radius 3 is 2.40 bits per heavy atom. The van der Waals surface area contributed by atoms with Crippen LogP contribution in [0.5, 0.6) is 0 Å². The van der Waals surface area contributed by atoms with E-state index in [0.717, 1.165) is 46.0 Å². The van der Waals surface area contributed by atoms with E-state index in [1.807, 2.05) is 44.3 Å². The molecule has 2 amide bonds. The molecule has 0 atom stereocenters. The Morgan fingerprint density at radius 1 is 1.00 bits per heavy atom. The summed E-state index contributed by atoms with van der Waals surface area (Å²) in [5.41, 5.74) is 7.42. The fourth-order valence-electron chi connectivity index (χ4n) is 4.16. The maximum atomic E-state index is 12.5. The summed E-state index contributed by atoms with van der Waals surface area (Å²) in [6, 6.07) is 13.9. The SMILES string of the molecule is CCc1nc2c(C)nc(C)cn2c1-c1ccc(CCNC(=O)NS(=O)(=O)c2ccccc2C)cc1. The van der Waals surface area contributed by atoms with Crippen molar-refractivity contribution < 1.29 is 13.2 Å². The summed E-state index contributed by atoms with van der Waals surface area (Å²) < 4.78 is 29.1. The van der Waals surface area contributed by atoms with Gasteiger partial charge in [0.2, 0.25) is 0 Å². The summed E-state index contributed by atoms with van der Waals surface area (Å²) in [4.78, 5) is 21.6. The van der Waals surface area contributed by atoms with Crippen molar-refractivity contribution in [3.8, 4) is 11.3 Å². The van der Waals surface area contributed by atoms with Gasteiger partial charge in [-0.25, -0.2) is 22.9 Å². The van der Waals surface area contributed by atoms with Crippen molar-refractivity contribution in [2.75, 3.05) is 6.54 Å². The van der Waals surface area contributed by atoms with Crippen molar-refractivity contribution in [1.82, 2.24) is 24.4 Å². The average Bonchev–Trinajstić information content (AvgIpc) is 3.18. The van der Waals surface area contributed by atoms with Gasteiger partial charge in [-0.2, -0.15) is 0 Å². The summed E-state index contributed by atoms with van der Waals surface area (Å²) >= 11 is 0. The number of nitrogens with one attached hydrogen (secondary N) is 2. The number of carbonyl (C=O) groups is 1. The maximum Gasteiger partial charge on any atom is 0.328 e. The van der Waals surface area contributed by atoms with Crippen LogP contribution in [-0.4, -0.2) is 35.4 Å². The topological polar surface area (TPSA) is 105 Å². The van der Waals surface area contributed by atoms with Gasteiger partial charge < -0.3 is 5.32 Å². The number of sulfonamides is 1. The van der Waals surface area contributed by atoms with Gasteiger partial charge in [-0.15, -0.1) is 0 Å². The fourth-order valence-corrected chi connectivity index (χ4v) is 5.34. The lowest BCUT2D eigenvalue weighted by molar-refractivity contribution is 0.246. The van der Waals surface area contributed by atoms with Crippen molar-refractivity contribution in [1.29, 1.82) is 0 Å². The first kappa shape index (κ1) is 24.4. The lowest BCUT2D eigenvalue weighted by Gasteiger charge is -2.11. The van der Waals surface area contributed by atoms with Crippen LogP contribution < -0.4 is 10.0 Å². The highest BCUT2D eigenvalue weighted by atomic mass is 32.2. The Hall–Kier alpha value is -3.72. The second kappa shape index (κ2) is 9.87. The maximum absolute atomic E-state index is 12.5.